The molecule has 1 N–H and O–H groups in total. The molecule has 0 unspecified atom stereocenters. The van der Waals surface area contributed by atoms with Crippen molar-refractivity contribution in [3.8, 4) is 0 Å². The van der Waals surface area contributed by atoms with Crippen LogP contribution in [0.2, 0.25) is 5.02 Å². The molecule has 0 radical (unpaired) electrons. The summed E-state index contributed by atoms with van der Waals surface area (Å²) in [6, 6.07) is 7.97. The van der Waals surface area contributed by atoms with Crippen molar-refractivity contribution in [1.29, 1.82) is 0 Å². The van der Waals surface area contributed by atoms with Gasteiger partial charge in [-0.25, -0.2) is 0 Å². The van der Waals surface area contributed by atoms with E-state index in [1.54, 1.807) is 12.1 Å². The normalized spacial score (nSPS) is 15.8. The minimum absolute atomic E-state index is 0.0741. The summed E-state index contributed by atoms with van der Waals surface area (Å²) < 4.78 is 0. The van der Waals surface area contributed by atoms with Gasteiger partial charge in [-0.15, -0.1) is 0 Å². The molecule has 0 bridgehead atoms. The number of halogens is 1. The fourth-order valence-electron chi connectivity index (χ4n) is 3.31. The number of benzene rings is 1. The van der Waals surface area contributed by atoms with Gasteiger partial charge in [0.2, 0.25) is 0 Å². The summed E-state index contributed by atoms with van der Waals surface area (Å²) in [5, 5.41) is 3.47. The largest absolute Gasteiger partial charge is 0.352 e. The van der Waals surface area contributed by atoms with Crippen LogP contribution in [0.4, 0.5) is 0 Å². The van der Waals surface area contributed by atoms with Gasteiger partial charge in [-0.05, 0) is 51.4 Å². The fourth-order valence-corrected chi connectivity index (χ4v) is 3.53. The van der Waals surface area contributed by atoms with Crippen molar-refractivity contribution in [2.75, 3.05) is 20.1 Å². The molecule has 4 heteroatoms. The zero-order valence-electron chi connectivity index (χ0n) is 14.2. The first-order valence-electron chi connectivity index (χ1n) is 8.91. The molecule has 1 saturated carbocycles. The number of nitrogens with one attached hydrogen (secondary N) is 1. The molecular weight excluding hydrogens is 308 g/mol. The molecule has 0 atom stereocenters. The molecule has 3 nitrogen and oxygen atoms in total. The second kappa shape index (κ2) is 9.94. The van der Waals surface area contributed by atoms with E-state index < -0.39 is 0 Å². The quantitative estimate of drug-likeness (QED) is 0.709. The van der Waals surface area contributed by atoms with E-state index in [2.05, 4.69) is 17.3 Å². The van der Waals surface area contributed by atoms with Gasteiger partial charge in [-0.3, -0.25) is 4.79 Å². The third kappa shape index (κ3) is 6.15. The second-order valence-corrected chi connectivity index (χ2v) is 6.98. The molecule has 1 aliphatic rings. The van der Waals surface area contributed by atoms with Crippen molar-refractivity contribution < 1.29 is 4.79 Å². The van der Waals surface area contributed by atoms with Gasteiger partial charge in [0.15, 0.2) is 0 Å². The predicted octanol–water partition coefficient (Wildman–Crippen LogP) is 4.50. The van der Waals surface area contributed by atoms with Crippen LogP contribution in [0.5, 0.6) is 0 Å². The van der Waals surface area contributed by atoms with E-state index in [4.69, 9.17) is 11.6 Å². The van der Waals surface area contributed by atoms with Gasteiger partial charge in [0.1, 0.15) is 0 Å². The molecule has 0 aromatic heterocycles. The lowest BCUT2D eigenvalue weighted by atomic mass is 9.94. The van der Waals surface area contributed by atoms with E-state index in [0.717, 1.165) is 25.4 Å². The standard InChI is InChI=1S/C19H29ClN2O/c1-22(16-10-4-2-5-11-16)15-9-3-8-14-21-19(23)17-12-6-7-13-18(17)20/h6-7,12-13,16H,2-5,8-11,14-15H2,1H3,(H,21,23). The minimum Gasteiger partial charge on any atom is -0.352 e. The molecule has 128 valence electrons. The van der Waals surface area contributed by atoms with Gasteiger partial charge in [0.25, 0.3) is 5.91 Å². The van der Waals surface area contributed by atoms with Crippen LogP contribution in [-0.4, -0.2) is 37.0 Å². The predicted molar refractivity (Wildman–Crippen MR) is 97.1 cm³/mol. The van der Waals surface area contributed by atoms with Crippen LogP contribution in [0.25, 0.3) is 0 Å². The smallest absolute Gasteiger partial charge is 0.252 e. The van der Waals surface area contributed by atoms with E-state index in [-0.39, 0.29) is 5.91 Å². The Balaban J connectivity index is 1.55. The molecule has 2 rings (SSSR count). The maximum atomic E-state index is 12.0. The average Bonchev–Trinajstić information content (AvgIpc) is 2.58. The first kappa shape index (κ1) is 18.3. The molecule has 1 aromatic rings. The zero-order valence-corrected chi connectivity index (χ0v) is 14.9. The highest BCUT2D eigenvalue weighted by molar-refractivity contribution is 6.33. The Morgan fingerprint density at radius 2 is 1.91 bits per heavy atom. The lowest BCUT2D eigenvalue weighted by Gasteiger charge is -2.31. The van der Waals surface area contributed by atoms with Crippen LogP contribution < -0.4 is 5.32 Å². The van der Waals surface area contributed by atoms with Crippen LogP contribution in [0.1, 0.15) is 61.7 Å². The first-order valence-corrected chi connectivity index (χ1v) is 9.29. The number of carbonyl (C=O) groups excluding carboxylic acids is 1. The fraction of sp³-hybridized carbons (Fsp3) is 0.632. The lowest BCUT2D eigenvalue weighted by molar-refractivity contribution is 0.0953. The van der Waals surface area contributed by atoms with Gasteiger partial charge >= 0.3 is 0 Å². The number of unbranched alkanes of at least 4 members (excludes halogenated alkanes) is 2. The molecular formula is C19H29ClN2O. The van der Waals surface area contributed by atoms with Gasteiger partial charge in [-0.1, -0.05) is 49.4 Å². The first-order chi connectivity index (χ1) is 11.2. The summed E-state index contributed by atoms with van der Waals surface area (Å²) in [7, 11) is 2.26. The van der Waals surface area contributed by atoms with Crippen LogP contribution in [0.15, 0.2) is 24.3 Å². The SMILES string of the molecule is CN(CCCCCNC(=O)c1ccccc1Cl)C1CCCCC1. The number of carbonyl (C=O) groups is 1. The molecule has 1 fully saturated rings. The number of nitrogens with zero attached hydrogens (tertiary/aromatic N) is 1. The van der Waals surface area contributed by atoms with E-state index in [1.807, 2.05) is 12.1 Å². The molecule has 23 heavy (non-hydrogen) atoms. The monoisotopic (exact) mass is 336 g/mol. The Morgan fingerprint density at radius 3 is 2.65 bits per heavy atom. The van der Waals surface area contributed by atoms with Crippen molar-refractivity contribution in [2.45, 2.75) is 57.4 Å². The summed E-state index contributed by atoms with van der Waals surface area (Å²) in [5.41, 5.74) is 0.561. The summed E-state index contributed by atoms with van der Waals surface area (Å²) >= 11 is 6.02. The Bertz CT molecular complexity index is 486. The summed E-state index contributed by atoms with van der Waals surface area (Å²) in [5.74, 6) is -0.0741. The van der Waals surface area contributed by atoms with Crippen molar-refractivity contribution in [3.05, 3.63) is 34.9 Å². The highest BCUT2D eigenvalue weighted by Crippen LogP contribution is 2.21. The van der Waals surface area contributed by atoms with Crippen molar-refractivity contribution in [2.24, 2.45) is 0 Å². The van der Waals surface area contributed by atoms with Crippen LogP contribution >= 0.6 is 11.6 Å². The van der Waals surface area contributed by atoms with Gasteiger partial charge in [0, 0.05) is 12.6 Å². The summed E-state index contributed by atoms with van der Waals surface area (Å²) in [6.45, 7) is 1.89. The Kier molecular flexibility index (Phi) is 7.90. The van der Waals surface area contributed by atoms with Gasteiger partial charge in [-0.2, -0.15) is 0 Å². The van der Waals surface area contributed by atoms with Crippen LogP contribution in [-0.2, 0) is 0 Å². The van der Waals surface area contributed by atoms with E-state index in [9.17, 15) is 4.79 Å². The number of hydrogen-bond acceptors (Lipinski definition) is 2. The molecule has 0 heterocycles. The molecule has 0 spiro atoms. The summed E-state index contributed by atoms with van der Waals surface area (Å²) in [6.07, 6.45) is 10.3. The Labute approximate surface area is 145 Å². The third-order valence-corrected chi connectivity index (χ3v) is 5.12. The molecule has 1 aromatic carbocycles. The molecule has 1 amide bonds. The Hall–Kier alpha value is -1.06. The van der Waals surface area contributed by atoms with Crippen molar-refractivity contribution >= 4 is 17.5 Å². The lowest BCUT2D eigenvalue weighted by Crippen LogP contribution is -2.34. The van der Waals surface area contributed by atoms with Gasteiger partial charge < -0.3 is 10.2 Å². The highest BCUT2D eigenvalue weighted by atomic mass is 35.5. The zero-order chi connectivity index (χ0) is 16.5. The number of amides is 1. The third-order valence-electron chi connectivity index (χ3n) is 4.79. The molecule has 0 aliphatic heterocycles. The number of hydrogen-bond donors (Lipinski definition) is 1. The van der Waals surface area contributed by atoms with Crippen molar-refractivity contribution in [1.82, 2.24) is 10.2 Å². The maximum Gasteiger partial charge on any atom is 0.252 e. The van der Waals surface area contributed by atoms with Crippen molar-refractivity contribution in [3.63, 3.8) is 0 Å². The Morgan fingerprint density at radius 1 is 1.17 bits per heavy atom. The van der Waals surface area contributed by atoms with E-state index >= 15 is 0 Å². The van der Waals surface area contributed by atoms with E-state index in [1.165, 1.54) is 45.1 Å². The number of rotatable bonds is 8. The van der Waals surface area contributed by atoms with Gasteiger partial charge in [0.05, 0.1) is 10.6 Å². The van der Waals surface area contributed by atoms with Crippen LogP contribution in [0.3, 0.4) is 0 Å². The maximum absolute atomic E-state index is 12.0. The van der Waals surface area contributed by atoms with Crippen LogP contribution in [0, 0.1) is 0 Å². The minimum atomic E-state index is -0.0741. The molecule has 1 aliphatic carbocycles. The topological polar surface area (TPSA) is 32.3 Å². The van der Waals surface area contributed by atoms with E-state index in [0.29, 0.717) is 10.6 Å². The average molecular weight is 337 g/mol. The highest BCUT2D eigenvalue weighted by Gasteiger charge is 2.17. The summed E-state index contributed by atoms with van der Waals surface area (Å²) in [4.78, 5) is 14.5. The molecule has 0 saturated heterocycles. The second-order valence-electron chi connectivity index (χ2n) is 6.57.